The second-order valence-corrected chi connectivity index (χ2v) is 4.80. The summed E-state index contributed by atoms with van der Waals surface area (Å²) < 4.78 is 0. The molecule has 4 heteroatoms. The molecular weight excluding hydrogens is 252 g/mol. The third-order valence-electron chi connectivity index (χ3n) is 3.41. The van der Waals surface area contributed by atoms with Crippen LogP contribution < -0.4 is 0 Å². The van der Waals surface area contributed by atoms with Gasteiger partial charge in [-0.05, 0) is 24.1 Å². The number of nitrogens with zero attached hydrogens (tertiary/aromatic N) is 2. The molecule has 0 spiro atoms. The number of carbonyl (C=O) groups excluding carboxylic acids is 2. The largest absolute Gasteiger partial charge is 0.237 e. The van der Waals surface area contributed by atoms with Crippen LogP contribution in [-0.4, -0.2) is 17.8 Å². The molecule has 20 heavy (non-hydrogen) atoms. The highest BCUT2D eigenvalue weighted by atomic mass is 16.1. The van der Waals surface area contributed by atoms with Crippen LogP contribution in [0.1, 0.15) is 18.1 Å². The van der Waals surface area contributed by atoms with Crippen LogP contribution >= 0.6 is 0 Å². The molecule has 0 saturated heterocycles. The molecule has 0 radical (unpaired) electrons. The van der Waals surface area contributed by atoms with Gasteiger partial charge < -0.3 is 0 Å². The van der Waals surface area contributed by atoms with E-state index >= 15 is 0 Å². The highest BCUT2D eigenvalue weighted by Crippen LogP contribution is 2.34. The van der Waals surface area contributed by atoms with Gasteiger partial charge in [-0.15, -0.1) is 0 Å². The summed E-state index contributed by atoms with van der Waals surface area (Å²) in [6.07, 6.45) is 8.36. The molecule has 0 aliphatic heterocycles. The number of benzene rings is 1. The zero-order chi connectivity index (χ0) is 14.6. The normalized spacial score (nSPS) is 24.3. The first-order chi connectivity index (χ1) is 9.61. The van der Waals surface area contributed by atoms with Gasteiger partial charge in [0, 0.05) is 5.92 Å². The van der Waals surface area contributed by atoms with E-state index in [2.05, 4.69) is 16.1 Å². The average molecular weight is 266 g/mol. The van der Waals surface area contributed by atoms with Gasteiger partial charge in [-0.25, -0.2) is 9.59 Å². The molecule has 0 heterocycles. The first kappa shape index (κ1) is 13.9. The molecule has 1 aliphatic rings. The molecule has 0 bridgehead atoms. The molecule has 1 aromatic rings. The van der Waals surface area contributed by atoms with Crippen molar-refractivity contribution in [1.29, 1.82) is 0 Å². The third kappa shape index (κ3) is 2.57. The molecule has 0 amide bonds. The molecular formula is C16H14N2O2. The lowest BCUT2D eigenvalue weighted by Crippen LogP contribution is -2.30. The van der Waals surface area contributed by atoms with Gasteiger partial charge in [0.25, 0.3) is 0 Å². The number of rotatable bonds is 3. The molecule has 2 rings (SSSR count). The van der Waals surface area contributed by atoms with E-state index in [9.17, 15) is 9.59 Å². The fourth-order valence-electron chi connectivity index (χ4n) is 2.28. The monoisotopic (exact) mass is 266 g/mol. The Labute approximate surface area is 117 Å². The van der Waals surface area contributed by atoms with Crippen molar-refractivity contribution in [2.45, 2.75) is 19.5 Å². The summed E-state index contributed by atoms with van der Waals surface area (Å²) in [7, 11) is 0. The summed E-state index contributed by atoms with van der Waals surface area (Å²) in [5.41, 5.74) is 2.04. The average Bonchev–Trinajstić information content (AvgIpc) is 2.42. The van der Waals surface area contributed by atoms with E-state index in [1.54, 1.807) is 6.08 Å². The second-order valence-electron chi connectivity index (χ2n) is 4.80. The first-order valence-electron chi connectivity index (χ1n) is 6.27. The summed E-state index contributed by atoms with van der Waals surface area (Å²) in [5, 5.41) is 0. The Hall–Kier alpha value is -2.54. The van der Waals surface area contributed by atoms with Crippen LogP contribution in [0.3, 0.4) is 0 Å². The zero-order valence-corrected chi connectivity index (χ0v) is 11.3. The maximum atomic E-state index is 10.6. The molecule has 1 unspecified atom stereocenters. The molecule has 0 fully saturated rings. The van der Waals surface area contributed by atoms with Gasteiger partial charge in [-0.3, -0.25) is 0 Å². The number of isocyanates is 2. The third-order valence-corrected chi connectivity index (χ3v) is 3.41. The molecule has 100 valence electrons. The highest BCUT2D eigenvalue weighted by molar-refractivity contribution is 5.76. The first-order valence-corrected chi connectivity index (χ1v) is 6.27. The van der Waals surface area contributed by atoms with E-state index in [0.717, 1.165) is 16.7 Å². The van der Waals surface area contributed by atoms with Crippen LogP contribution in [0, 0.1) is 12.8 Å². The fourth-order valence-corrected chi connectivity index (χ4v) is 2.28. The highest BCUT2D eigenvalue weighted by Gasteiger charge is 2.34. The van der Waals surface area contributed by atoms with E-state index in [0.29, 0.717) is 0 Å². The van der Waals surface area contributed by atoms with Crippen molar-refractivity contribution in [2.24, 2.45) is 15.9 Å². The van der Waals surface area contributed by atoms with Gasteiger partial charge >= 0.3 is 0 Å². The molecule has 4 nitrogen and oxygen atoms in total. The summed E-state index contributed by atoms with van der Waals surface area (Å²) in [6.45, 7) is 3.87. The van der Waals surface area contributed by atoms with Crippen LogP contribution in [0.4, 0.5) is 0 Å². The van der Waals surface area contributed by atoms with E-state index in [1.165, 1.54) is 12.2 Å². The fraction of sp³-hybridized carbons (Fsp3) is 0.250. The smallest absolute Gasteiger partial charge is 0.211 e. The lowest BCUT2D eigenvalue weighted by molar-refractivity contribution is 0.429. The SMILES string of the molecule is Cc1cccc(C2=CC(C)C(N=C=O)(N=C=O)C=C2)c1. The maximum Gasteiger partial charge on any atom is 0.237 e. The summed E-state index contributed by atoms with van der Waals surface area (Å²) in [5.74, 6) is -0.231. The molecule has 0 N–H and O–H groups in total. The molecule has 1 aliphatic carbocycles. The maximum absolute atomic E-state index is 10.6. The predicted octanol–water partition coefficient (Wildman–Crippen LogP) is 2.95. The Morgan fingerprint density at radius 3 is 2.45 bits per heavy atom. The standard InChI is InChI=1S/C16H14N2O2/c1-12-4-3-5-14(8-12)15-6-7-16(17-10-19,18-11-20)13(2)9-15/h3-9,13H,1-2H3. The Morgan fingerprint density at radius 1 is 1.20 bits per heavy atom. The summed E-state index contributed by atoms with van der Waals surface area (Å²) in [6, 6.07) is 8.09. The van der Waals surface area contributed by atoms with Crippen molar-refractivity contribution in [2.75, 3.05) is 0 Å². The number of aliphatic imine (C=N–C) groups is 2. The predicted molar refractivity (Wildman–Crippen MR) is 76.4 cm³/mol. The topological polar surface area (TPSA) is 58.9 Å². The Balaban J connectivity index is 2.43. The van der Waals surface area contributed by atoms with E-state index in [1.807, 2.05) is 44.2 Å². The van der Waals surface area contributed by atoms with Crippen LogP contribution in [0.2, 0.25) is 0 Å². The van der Waals surface area contributed by atoms with Gasteiger partial charge in [0.15, 0.2) is 5.66 Å². The molecule has 0 saturated carbocycles. The van der Waals surface area contributed by atoms with Gasteiger partial charge in [0.1, 0.15) is 0 Å². The number of aryl methyl sites for hydroxylation is 1. The van der Waals surface area contributed by atoms with Gasteiger partial charge in [-0.1, -0.05) is 48.9 Å². The Bertz CT molecular complexity index is 657. The van der Waals surface area contributed by atoms with Crippen LogP contribution in [0.15, 0.2) is 52.5 Å². The molecule has 0 aromatic heterocycles. The van der Waals surface area contributed by atoms with Gasteiger partial charge in [0.05, 0.1) is 0 Å². The lowest BCUT2D eigenvalue weighted by atomic mass is 9.85. The van der Waals surface area contributed by atoms with Crippen LogP contribution in [-0.2, 0) is 9.59 Å². The lowest BCUT2D eigenvalue weighted by Gasteiger charge is -2.27. The van der Waals surface area contributed by atoms with Crippen molar-refractivity contribution in [1.82, 2.24) is 0 Å². The van der Waals surface area contributed by atoms with Crippen molar-refractivity contribution in [3.63, 3.8) is 0 Å². The summed E-state index contributed by atoms with van der Waals surface area (Å²) in [4.78, 5) is 28.4. The minimum absolute atomic E-state index is 0.231. The van der Waals surface area contributed by atoms with Crippen molar-refractivity contribution >= 4 is 17.7 Å². The van der Waals surface area contributed by atoms with Crippen molar-refractivity contribution in [3.8, 4) is 0 Å². The van der Waals surface area contributed by atoms with Crippen molar-refractivity contribution < 1.29 is 9.59 Å². The minimum atomic E-state index is -1.21. The van der Waals surface area contributed by atoms with Crippen LogP contribution in [0.5, 0.6) is 0 Å². The van der Waals surface area contributed by atoms with Crippen molar-refractivity contribution in [3.05, 3.63) is 53.6 Å². The Morgan fingerprint density at radius 2 is 1.90 bits per heavy atom. The van der Waals surface area contributed by atoms with E-state index in [4.69, 9.17) is 0 Å². The van der Waals surface area contributed by atoms with Gasteiger partial charge in [-0.2, -0.15) is 9.98 Å². The Kier molecular flexibility index (Phi) is 3.90. The molecule has 1 aromatic carbocycles. The quantitative estimate of drug-likeness (QED) is 0.623. The zero-order valence-electron chi connectivity index (χ0n) is 11.3. The van der Waals surface area contributed by atoms with Crippen LogP contribution in [0.25, 0.3) is 5.57 Å². The minimum Gasteiger partial charge on any atom is -0.211 e. The van der Waals surface area contributed by atoms with E-state index in [-0.39, 0.29) is 5.92 Å². The number of hydrogen-bond acceptors (Lipinski definition) is 4. The van der Waals surface area contributed by atoms with E-state index < -0.39 is 5.66 Å². The molecule has 1 atom stereocenters. The number of allylic oxidation sites excluding steroid dienone is 2. The number of hydrogen-bond donors (Lipinski definition) is 0. The second kappa shape index (κ2) is 5.62. The van der Waals surface area contributed by atoms with Gasteiger partial charge in [0.2, 0.25) is 12.2 Å². The summed E-state index contributed by atoms with van der Waals surface area (Å²) >= 11 is 0.